The molecule has 0 aliphatic heterocycles. The van der Waals surface area contributed by atoms with Crippen LogP contribution in [0.4, 0.5) is 0 Å². The van der Waals surface area contributed by atoms with E-state index in [4.69, 9.17) is 27.6 Å². The van der Waals surface area contributed by atoms with Crippen LogP contribution < -0.4 is 0 Å². The minimum atomic E-state index is -1.87. The topological polar surface area (TPSA) is 9.23 Å². The van der Waals surface area contributed by atoms with E-state index in [2.05, 4.69) is 26.9 Å². The lowest BCUT2D eigenvalue weighted by atomic mass is 10.0. The van der Waals surface area contributed by atoms with Crippen molar-refractivity contribution in [2.75, 3.05) is 6.61 Å². The molecule has 0 heterocycles. The fourth-order valence-electron chi connectivity index (χ4n) is 1.29. The Morgan fingerprint density at radius 1 is 1.20 bits per heavy atom. The Hall–Kier alpha value is 0.757. The number of rotatable bonds is 8. The molecule has 92 valence electrons. The molecular formula is C11H24Cl2OSi. The molecule has 0 amide bonds. The average Bonchev–Trinajstić information content (AvgIpc) is 2.18. The highest BCUT2D eigenvalue weighted by molar-refractivity contribution is 6.87. The van der Waals surface area contributed by atoms with Crippen LogP contribution in [0.3, 0.4) is 0 Å². The predicted octanol–water partition coefficient (Wildman–Crippen LogP) is 4.77. The molecule has 0 aromatic heterocycles. The molecule has 0 aromatic carbocycles. The molecule has 0 spiro atoms. The van der Waals surface area contributed by atoms with Crippen LogP contribution in [0.1, 0.15) is 39.5 Å². The molecular weight excluding hydrogens is 247 g/mol. The molecule has 0 bridgehead atoms. The molecule has 15 heavy (non-hydrogen) atoms. The van der Waals surface area contributed by atoms with Crippen molar-refractivity contribution in [1.29, 1.82) is 0 Å². The lowest BCUT2D eigenvalue weighted by Gasteiger charge is -2.26. The van der Waals surface area contributed by atoms with Gasteiger partial charge in [-0.15, -0.1) is 23.2 Å². The third kappa shape index (κ3) is 6.83. The Balaban J connectivity index is 3.88. The number of alkyl halides is 2. The summed E-state index contributed by atoms with van der Waals surface area (Å²) >= 11 is 11.8. The maximum Gasteiger partial charge on any atom is 0.220 e. The second-order valence-electron chi connectivity index (χ2n) is 4.63. The standard InChI is InChI=1S/C11H24Cl2OSi/c1-5-7-8-10(6-2)9-14-15(3,4)11(12)13/h10-11H,5-9H2,1-4H3. The van der Waals surface area contributed by atoms with E-state index in [0.717, 1.165) is 6.61 Å². The molecule has 0 saturated carbocycles. The van der Waals surface area contributed by atoms with Gasteiger partial charge in [-0.25, -0.2) is 0 Å². The van der Waals surface area contributed by atoms with Gasteiger partial charge in [-0.05, 0) is 25.4 Å². The Morgan fingerprint density at radius 2 is 1.80 bits per heavy atom. The van der Waals surface area contributed by atoms with Crippen LogP contribution in [0.25, 0.3) is 0 Å². The highest BCUT2D eigenvalue weighted by Gasteiger charge is 2.31. The molecule has 1 nitrogen and oxygen atoms in total. The van der Waals surface area contributed by atoms with Crippen molar-refractivity contribution in [3.63, 3.8) is 0 Å². The van der Waals surface area contributed by atoms with Crippen LogP contribution in [0.5, 0.6) is 0 Å². The van der Waals surface area contributed by atoms with Gasteiger partial charge in [0.15, 0.2) is 0 Å². The van der Waals surface area contributed by atoms with Gasteiger partial charge in [0.1, 0.15) is 4.46 Å². The second-order valence-corrected chi connectivity index (χ2v) is 10.5. The molecule has 0 fully saturated rings. The number of unbranched alkanes of at least 4 members (excludes halogenated alkanes) is 1. The number of hydrogen-bond donors (Lipinski definition) is 0. The summed E-state index contributed by atoms with van der Waals surface area (Å²) in [4.78, 5) is 0. The van der Waals surface area contributed by atoms with E-state index in [1.807, 2.05) is 0 Å². The Bertz CT molecular complexity index is 163. The van der Waals surface area contributed by atoms with Crippen LogP contribution in [0.2, 0.25) is 13.1 Å². The van der Waals surface area contributed by atoms with Gasteiger partial charge in [-0.2, -0.15) is 0 Å². The van der Waals surface area contributed by atoms with Gasteiger partial charge in [-0.1, -0.05) is 33.1 Å². The Kier molecular flexibility index (Phi) is 8.34. The van der Waals surface area contributed by atoms with E-state index in [0.29, 0.717) is 5.92 Å². The highest BCUT2D eigenvalue weighted by Crippen LogP contribution is 2.22. The van der Waals surface area contributed by atoms with Gasteiger partial charge in [0.2, 0.25) is 8.32 Å². The van der Waals surface area contributed by atoms with Gasteiger partial charge < -0.3 is 4.43 Å². The normalized spacial score (nSPS) is 14.6. The first-order valence-electron chi connectivity index (χ1n) is 5.86. The average molecular weight is 271 g/mol. The molecule has 0 radical (unpaired) electrons. The zero-order chi connectivity index (χ0) is 11.9. The Labute approximate surface area is 106 Å². The molecule has 0 saturated heterocycles. The fourth-order valence-corrected chi connectivity index (χ4v) is 2.46. The van der Waals surface area contributed by atoms with Crippen LogP contribution in [-0.4, -0.2) is 19.4 Å². The summed E-state index contributed by atoms with van der Waals surface area (Å²) in [7, 11) is -1.87. The zero-order valence-corrected chi connectivity index (χ0v) is 12.9. The van der Waals surface area contributed by atoms with Gasteiger partial charge in [0, 0.05) is 6.61 Å². The molecule has 1 atom stereocenters. The van der Waals surface area contributed by atoms with E-state index >= 15 is 0 Å². The molecule has 0 aromatic rings. The lowest BCUT2D eigenvalue weighted by Crippen LogP contribution is -2.40. The smallest absolute Gasteiger partial charge is 0.220 e. The predicted molar refractivity (Wildman–Crippen MR) is 72.2 cm³/mol. The summed E-state index contributed by atoms with van der Waals surface area (Å²) in [6.07, 6.45) is 4.98. The molecule has 4 heteroatoms. The molecule has 0 aliphatic rings. The van der Waals surface area contributed by atoms with Gasteiger partial charge in [0.25, 0.3) is 0 Å². The van der Waals surface area contributed by atoms with E-state index in [1.165, 1.54) is 25.7 Å². The van der Waals surface area contributed by atoms with E-state index in [9.17, 15) is 0 Å². The monoisotopic (exact) mass is 270 g/mol. The fraction of sp³-hybridized carbons (Fsp3) is 1.00. The van der Waals surface area contributed by atoms with Gasteiger partial charge in [0.05, 0.1) is 0 Å². The molecule has 0 N–H and O–H groups in total. The van der Waals surface area contributed by atoms with Gasteiger partial charge in [-0.3, -0.25) is 0 Å². The minimum absolute atomic E-state index is 0.332. The lowest BCUT2D eigenvalue weighted by molar-refractivity contribution is 0.226. The Morgan fingerprint density at radius 3 is 2.20 bits per heavy atom. The van der Waals surface area contributed by atoms with E-state index in [-0.39, 0.29) is 4.46 Å². The van der Waals surface area contributed by atoms with Crippen LogP contribution in [0, 0.1) is 5.92 Å². The van der Waals surface area contributed by atoms with Crippen molar-refractivity contribution in [2.45, 2.75) is 57.1 Å². The van der Waals surface area contributed by atoms with Crippen LogP contribution in [-0.2, 0) is 4.43 Å². The zero-order valence-electron chi connectivity index (χ0n) is 10.4. The van der Waals surface area contributed by atoms with Crippen molar-refractivity contribution < 1.29 is 4.43 Å². The second kappa shape index (κ2) is 7.94. The summed E-state index contributed by atoms with van der Waals surface area (Å²) in [5.74, 6) is 0.670. The van der Waals surface area contributed by atoms with E-state index in [1.54, 1.807) is 0 Å². The molecule has 0 rings (SSSR count). The van der Waals surface area contributed by atoms with Gasteiger partial charge >= 0.3 is 0 Å². The summed E-state index contributed by atoms with van der Waals surface area (Å²) in [6.45, 7) is 9.41. The van der Waals surface area contributed by atoms with Crippen LogP contribution in [0.15, 0.2) is 0 Å². The maximum atomic E-state index is 5.92. The van der Waals surface area contributed by atoms with Crippen molar-refractivity contribution in [1.82, 2.24) is 0 Å². The molecule has 0 aliphatic carbocycles. The van der Waals surface area contributed by atoms with E-state index < -0.39 is 8.32 Å². The quantitative estimate of drug-likeness (QED) is 0.456. The maximum absolute atomic E-state index is 5.92. The first-order chi connectivity index (χ1) is 6.94. The summed E-state index contributed by atoms with van der Waals surface area (Å²) in [5, 5.41) is 0. The largest absolute Gasteiger partial charge is 0.414 e. The van der Waals surface area contributed by atoms with Crippen LogP contribution >= 0.6 is 23.2 Å². The van der Waals surface area contributed by atoms with Crippen molar-refractivity contribution in [3.8, 4) is 0 Å². The summed E-state index contributed by atoms with van der Waals surface area (Å²) in [5.41, 5.74) is 0. The first-order valence-corrected chi connectivity index (χ1v) is 9.72. The first kappa shape index (κ1) is 15.8. The summed E-state index contributed by atoms with van der Waals surface area (Å²) < 4.78 is 5.58. The summed E-state index contributed by atoms with van der Waals surface area (Å²) in [6, 6.07) is 0. The SMILES string of the molecule is CCCCC(CC)CO[Si](C)(C)C(Cl)Cl. The highest BCUT2D eigenvalue weighted by atomic mass is 35.5. The third-order valence-corrected chi connectivity index (χ3v) is 7.87. The number of halogens is 2. The van der Waals surface area contributed by atoms with Crippen molar-refractivity contribution in [3.05, 3.63) is 0 Å². The van der Waals surface area contributed by atoms with Crippen molar-refractivity contribution >= 4 is 31.5 Å². The molecule has 1 unspecified atom stereocenters. The third-order valence-electron chi connectivity index (χ3n) is 2.76. The minimum Gasteiger partial charge on any atom is -0.414 e. The van der Waals surface area contributed by atoms with Crippen molar-refractivity contribution in [2.24, 2.45) is 5.92 Å². The number of hydrogen-bond acceptors (Lipinski definition) is 1.